The Morgan fingerprint density at radius 1 is 1.22 bits per heavy atom. The summed E-state index contributed by atoms with van der Waals surface area (Å²) in [6, 6.07) is 7.56. The molecule has 1 amide bonds. The van der Waals surface area contributed by atoms with Crippen LogP contribution in [0.4, 0.5) is 0 Å². The summed E-state index contributed by atoms with van der Waals surface area (Å²) in [5, 5.41) is 0. The molecule has 0 N–H and O–H groups in total. The van der Waals surface area contributed by atoms with Gasteiger partial charge >= 0.3 is 5.97 Å². The van der Waals surface area contributed by atoms with Gasteiger partial charge < -0.3 is 9.64 Å². The van der Waals surface area contributed by atoms with Crippen molar-refractivity contribution < 1.29 is 14.3 Å². The Bertz CT molecular complexity index is 572. The highest BCUT2D eigenvalue weighted by molar-refractivity contribution is 9.10. The smallest absolute Gasteiger partial charge is 0.331 e. The molecule has 1 aromatic carbocycles. The van der Waals surface area contributed by atoms with E-state index in [0.29, 0.717) is 11.8 Å². The summed E-state index contributed by atoms with van der Waals surface area (Å²) in [5.74, 6) is 0.375. The standard InChI is InChI=1S/C18H22BrNO3/c1-13-9-14(2)11-20(10-13)17(21)12-23-18(22)8-5-15-3-6-16(19)7-4-15/h3-8,13-14H,9-12H2,1-2H3/b8-5+/t13-,14-/m1/s1. The fourth-order valence-electron chi connectivity index (χ4n) is 2.88. The number of likely N-dealkylation sites (tertiary alicyclic amines) is 1. The lowest BCUT2D eigenvalue weighted by molar-refractivity contribution is -0.149. The zero-order valence-corrected chi connectivity index (χ0v) is 15.1. The van der Waals surface area contributed by atoms with Crippen LogP contribution in [0.1, 0.15) is 25.8 Å². The van der Waals surface area contributed by atoms with Crippen molar-refractivity contribution in [2.45, 2.75) is 20.3 Å². The molecule has 1 saturated heterocycles. The molecule has 23 heavy (non-hydrogen) atoms. The van der Waals surface area contributed by atoms with Crippen molar-refractivity contribution >= 4 is 33.9 Å². The number of benzene rings is 1. The second-order valence-corrected chi connectivity index (χ2v) is 7.15. The van der Waals surface area contributed by atoms with Crippen LogP contribution in [0.2, 0.25) is 0 Å². The lowest BCUT2D eigenvalue weighted by Crippen LogP contribution is -2.44. The number of piperidine rings is 1. The first-order valence-electron chi connectivity index (χ1n) is 7.82. The fraction of sp³-hybridized carbons (Fsp3) is 0.444. The summed E-state index contributed by atoms with van der Waals surface area (Å²) >= 11 is 3.35. The Morgan fingerprint density at radius 2 is 1.83 bits per heavy atom. The van der Waals surface area contributed by atoms with E-state index in [1.807, 2.05) is 24.3 Å². The van der Waals surface area contributed by atoms with Crippen molar-refractivity contribution in [3.63, 3.8) is 0 Å². The van der Waals surface area contributed by atoms with Crippen LogP contribution in [0.25, 0.3) is 6.08 Å². The zero-order chi connectivity index (χ0) is 16.8. The minimum Gasteiger partial charge on any atom is -0.452 e. The molecule has 1 aromatic rings. The van der Waals surface area contributed by atoms with Crippen LogP contribution < -0.4 is 0 Å². The number of carbonyl (C=O) groups excluding carboxylic acids is 2. The van der Waals surface area contributed by atoms with Crippen molar-refractivity contribution in [3.05, 3.63) is 40.4 Å². The molecule has 0 spiro atoms. The maximum absolute atomic E-state index is 12.1. The van der Waals surface area contributed by atoms with E-state index in [4.69, 9.17) is 4.74 Å². The number of ether oxygens (including phenoxy) is 1. The molecule has 124 valence electrons. The molecule has 0 saturated carbocycles. The van der Waals surface area contributed by atoms with E-state index in [-0.39, 0.29) is 12.5 Å². The maximum Gasteiger partial charge on any atom is 0.331 e. The highest BCUT2D eigenvalue weighted by Crippen LogP contribution is 2.20. The second-order valence-electron chi connectivity index (χ2n) is 6.24. The fourth-order valence-corrected chi connectivity index (χ4v) is 3.14. The van der Waals surface area contributed by atoms with E-state index in [1.165, 1.54) is 6.08 Å². The van der Waals surface area contributed by atoms with E-state index >= 15 is 0 Å². The van der Waals surface area contributed by atoms with Gasteiger partial charge in [-0.15, -0.1) is 0 Å². The van der Waals surface area contributed by atoms with Crippen LogP contribution in [0.15, 0.2) is 34.8 Å². The number of nitrogens with zero attached hydrogens (tertiary/aromatic N) is 1. The monoisotopic (exact) mass is 379 g/mol. The average Bonchev–Trinajstić information content (AvgIpc) is 2.51. The summed E-state index contributed by atoms with van der Waals surface area (Å²) in [5.41, 5.74) is 0.898. The molecule has 0 unspecified atom stereocenters. The number of carbonyl (C=O) groups is 2. The van der Waals surface area contributed by atoms with E-state index in [1.54, 1.807) is 11.0 Å². The topological polar surface area (TPSA) is 46.6 Å². The van der Waals surface area contributed by atoms with Crippen molar-refractivity contribution in [3.8, 4) is 0 Å². The van der Waals surface area contributed by atoms with Crippen LogP contribution in [-0.4, -0.2) is 36.5 Å². The third-order valence-corrected chi connectivity index (χ3v) is 4.37. The molecule has 1 heterocycles. The molecule has 1 aliphatic heterocycles. The van der Waals surface area contributed by atoms with Crippen LogP contribution in [-0.2, 0) is 14.3 Å². The first-order valence-corrected chi connectivity index (χ1v) is 8.61. The molecule has 0 aliphatic carbocycles. The van der Waals surface area contributed by atoms with Gasteiger partial charge in [-0.05, 0) is 42.0 Å². The van der Waals surface area contributed by atoms with Crippen LogP contribution in [0, 0.1) is 11.8 Å². The molecular weight excluding hydrogens is 358 g/mol. The van der Waals surface area contributed by atoms with E-state index < -0.39 is 5.97 Å². The summed E-state index contributed by atoms with van der Waals surface area (Å²) in [4.78, 5) is 25.6. The van der Waals surface area contributed by atoms with Gasteiger partial charge in [0.25, 0.3) is 5.91 Å². The molecule has 2 rings (SSSR count). The highest BCUT2D eigenvalue weighted by Gasteiger charge is 2.25. The molecule has 2 atom stereocenters. The Morgan fingerprint density at radius 3 is 2.43 bits per heavy atom. The van der Waals surface area contributed by atoms with Gasteiger partial charge in [-0.2, -0.15) is 0 Å². The third kappa shape index (κ3) is 5.82. The largest absolute Gasteiger partial charge is 0.452 e. The van der Waals surface area contributed by atoms with Gasteiger partial charge in [-0.3, -0.25) is 4.79 Å². The van der Waals surface area contributed by atoms with Crippen LogP contribution in [0.5, 0.6) is 0 Å². The van der Waals surface area contributed by atoms with Crippen LogP contribution >= 0.6 is 15.9 Å². The molecule has 1 aliphatic rings. The Kier molecular flexibility index (Phi) is 6.39. The predicted octanol–water partition coefficient (Wildman–Crippen LogP) is 3.51. The van der Waals surface area contributed by atoms with Gasteiger partial charge in [-0.1, -0.05) is 41.9 Å². The van der Waals surface area contributed by atoms with Gasteiger partial charge in [0.15, 0.2) is 6.61 Å². The number of amides is 1. The van der Waals surface area contributed by atoms with Crippen molar-refractivity contribution in [2.24, 2.45) is 11.8 Å². The summed E-state index contributed by atoms with van der Waals surface area (Å²) in [6.07, 6.45) is 4.15. The lowest BCUT2D eigenvalue weighted by Gasteiger charge is -2.34. The van der Waals surface area contributed by atoms with Crippen molar-refractivity contribution in [2.75, 3.05) is 19.7 Å². The van der Waals surface area contributed by atoms with Gasteiger partial charge in [0.05, 0.1) is 0 Å². The van der Waals surface area contributed by atoms with Gasteiger partial charge in [-0.25, -0.2) is 4.79 Å². The molecule has 1 fully saturated rings. The summed E-state index contributed by atoms with van der Waals surface area (Å²) < 4.78 is 6.03. The summed E-state index contributed by atoms with van der Waals surface area (Å²) in [7, 11) is 0. The highest BCUT2D eigenvalue weighted by atomic mass is 79.9. The minimum atomic E-state index is -0.501. The number of halogens is 1. The van der Waals surface area contributed by atoms with Crippen LogP contribution in [0.3, 0.4) is 0 Å². The molecule has 0 radical (unpaired) electrons. The Labute approximate surface area is 145 Å². The van der Waals surface area contributed by atoms with Gasteiger partial charge in [0.1, 0.15) is 0 Å². The number of rotatable bonds is 4. The van der Waals surface area contributed by atoms with E-state index in [0.717, 1.165) is 29.5 Å². The minimum absolute atomic E-state index is 0.117. The number of esters is 1. The van der Waals surface area contributed by atoms with Gasteiger partial charge in [0, 0.05) is 23.6 Å². The number of hydrogen-bond donors (Lipinski definition) is 0. The van der Waals surface area contributed by atoms with Gasteiger partial charge in [0.2, 0.25) is 0 Å². The Hall–Kier alpha value is -1.62. The maximum atomic E-state index is 12.1. The van der Waals surface area contributed by atoms with E-state index in [9.17, 15) is 9.59 Å². The predicted molar refractivity (Wildman–Crippen MR) is 93.7 cm³/mol. The third-order valence-electron chi connectivity index (χ3n) is 3.84. The zero-order valence-electron chi connectivity index (χ0n) is 13.5. The number of hydrogen-bond acceptors (Lipinski definition) is 3. The van der Waals surface area contributed by atoms with Crippen molar-refractivity contribution in [1.29, 1.82) is 0 Å². The van der Waals surface area contributed by atoms with Crippen molar-refractivity contribution in [1.82, 2.24) is 4.90 Å². The lowest BCUT2D eigenvalue weighted by atomic mass is 9.92. The molecule has 0 bridgehead atoms. The molecule has 0 aromatic heterocycles. The average molecular weight is 380 g/mol. The Balaban J connectivity index is 1.79. The van der Waals surface area contributed by atoms with E-state index in [2.05, 4.69) is 29.8 Å². The summed E-state index contributed by atoms with van der Waals surface area (Å²) in [6.45, 7) is 5.58. The first-order chi connectivity index (χ1) is 10.9. The quantitative estimate of drug-likeness (QED) is 0.593. The molecule has 4 nitrogen and oxygen atoms in total. The molecular formula is C18H22BrNO3. The second kappa shape index (κ2) is 8.29. The normalized spacial score (nSPS) is 21.4. The first kappa shape index (κ1) is 17.7. The molecule has 5 heteroatoms. The SMILES string of the molecule is C[C@@H]1C[C@@H](C)CN(C(=O)COC(=O)/C=C/c2ccc(Br)cc2)C1.